The van der Waals surface area contributed by atoms with Crippen molar-refractivity contribution in [1.82, 2.24) is 10.3 Å². The Morgan fingerprint density at radius 1 is 1.61 bits per heavy atom. The Morgan fingerprint density at radius 3 is 3.11 bits per heavy atom. The summed E-state index contributed by atoms with van der Waals surface area (Å²) in [5, 5.41) is 2.96. The molecule has 1 aromatic heterocycles. The molecule has 0 aliphatic heterocycles. The second-order valence-corrected chi connectivity index (χ2v) is 5.29. The van der Waals surface area contributed by atoms with Crippen LogP contribution >= 0.6 is 15.9 Å². The number of carbonyl (C=O) groups is 1. The molecule has 0 spiro atoms. The van der Waals surface area contributed by atoms with Crippen LogP contribution in [0.1, 0.15) is 29.6 Å². The Bertz CT molecular complexity index is 453. The normalized spacial score (nSPS) is 23.0. The average Bonchev–Trinajstić information content (AvgIpc) is 2.79. The van der Waals surface area contributed by atoms with Crippen molar-refractivity contribution in [2.24, 2.45) is 0 Å². The molecule has 1 fully saturated rings. The molecule has 1 aliphatic rings. The van der Waals surface area contributed by atoms with E-state index in [-0.39, 0.29) is 23.9 Å². The van der Waals surface area contributed by atoms with E-state index in [1.54, 1.807) is 19.4 Å². The molecule has 2 rings (SSSR count). The fraction of sp³-hybridized carbons (Fsp3) is 0.500. The zero-order valence-electron chi connectivity index (χ0n) is 10.1. The topological polar surface area (TPSA) is 77.2 Å². The van der Waals surface area contributed by atoms with Crippen molar-refractivity contribution in [3.05, 3.63) is 22.3 Å². The smallest absolute Gasteiger partial charge is 0.255 e. The number of nitrogen functional groups attached to an aromatic ring is 1. The van der Waals surface area contributed by atoms with Crippen LogP contribution in [0.5, 0.6) is 0 Å². The maximum absolute atomic E-state index is 12.1. The third kappa shape index (κ3) is 2.81. The largest absolute Gasteiger partial charge is 0.383 e. The van der Waals surface area contributed by atoms with Crippen molar-refractivity contribution in [2.45, 2.75) is 31.4 Å². The van der Waals surface area contributed by atoms with Gasteiger partial charge in [0.2, 0.25) is 0 Å². The fourth-order valence-electron chi connectivity index (χ4n) is 2.25. The fourth-order valence-corrected chi connectivity index (χ4v) is 2.58. The van der Waals surface area contributed by atoms with E-state index in [0.717, 1.165) is 23.7 Å². The molecular formula is C12H16BrN3O2. The predicted octanol–water partition coefficient (Wildman–Crippen LogP) is 1.72. The summed E-state index contributed by atoms with van der Waals surface area (Å²) in [5.41, 5.74) is 6.10. The number of rotatable bonds is 3. The molecule has 2 unspecified atom stereocenters. The Kier molecular flexibility index (Phi) is 4.19. The van der Waals surface area contributed by atoms with Crippen LogP contribution in [0.25, 0.3) is 0 Å². The van der Waals surface area contributed by atoms with Crippen molar-refractivity contribution >= 4 is 27.7 Å². The SMILES string of the molecule is COC1CCCC1NC(=O)c1cc(Br)cnc1N. The zero-order valence-corrected chi connectivity index (χ0v) is 11.7. The maximum Gasteiger partial charge on any atom is 0.255 e. The molecule has 0 radical (unpaired) electrons. The molecule has 18 heavy (non-hydrogen) atoms. The number of halogens is 1. The number of pyridine rings is 1. The third-order valence-corrected chi connectivity index (χ3v) is 3.64. The number of anilines is 1. The van der Waals surface area contributed by atoms with Crippen molar-refractivity contribution in [3.8, 4) is 0 Å². The first-order valence-corrected chi connectivity index (χ1v) is 6.66. The van der Waals surface area contributed by atoms with Crippen LogP contribution in [0.2, 0.25) is 0 Å². The van der Waals surface area contributed by atoms with Crippen LogP contribution in [0, 0.1) is 0 Å². The van der Waals surface area contributed by atoms with E-state index in [1.165, 1.54) is 0 Å². The van der Waals surface area contributed by atoms with Crippen molar-refractivity contribution in [2.75, 3.05) is 12.8 Å². The molecule has 1 aliphatic carbocycles. The maximum atomic E-state index is 12.1. The lowest BCUT2D eigenvalue weighted by atomic mass is 10.2. The van der Waals surface area contributed by atoms with Gasteiger partial charge in [-0.25, -0.2) is 4.98 Å². The number of nitrogens with two attached hydrogens (primary N) is 1. The molecule has 1 heterocycles. The summed E-state index contributed by atoms with van der Waals surface area (Å²) in [6.45, 7) is 0. The molecule has 98 valence electrons. The van der Waals surface area contributed by atoms with Gasteiger partial charge in [-0.3, -0.25) is 4.79 Å². The lowest BCUT2D eigenvalue weighted by molar-refractivity contribution is 0.0722. The summed E-state index contributed by atoms with van der Waals surface area (Å²) in [5.74, 6) is 0.0397. The van der Waals surface area contributed by atoms with E-state index < -0.39 is 0 Å². The molecule has 6 heteroatoms. The summed E-state index contributed by atoms with van der Waals surface area (Å²) < 4.78 is 6.08. The number of nitrogens with one attached hydrogen (secondary N) is 1. The predicted molar refractivity (Wildman–Crippen MR) is 72.3 cm³/mol. The second kappa shape index (κ2) is 5.67. The molecular weight excluding hydrogens is 298 g/mol. The standard InChI is InChI=1S/C12H16BrN3O2/c1-18-10-4-2-3-9(10)16-12(17)8-5-7(13)6-15-11(8)14/h5-6,9-10H,2-4H2,1H3,(H2,14,15)(H,16,17). The number of methoxy groups -OCH3 is 1. The third-order valence-electron chi connectivity index (χ3n) is 3.20. The minimum Gasteiger partial charge on any atom is -0.383 e. The van der Waals surface area contributed by atoms with Crippen LogP contribution < -0.4 is 11.1 Å². The Hall–Kier alpha value is -1.14. The Labute approximate surface area is 114 Å². The number of amides is 1. The van der Waals surface area contributed by atoms with E-state index in [2.05, 4.69) is 26.2 Å². The van der Waals surface area contributed by atoms with Gasteiger partial charge in [0.1, 0.15) is 5.82 Å². The number of aromatic nitrogens is 1. The average molecular weight is 314 g/mol. The highest BCUT2D eigenvalue weighted by molar-refractivity contribution is 9.10. The lowest BCUT2D eigenvalue weighted by Crippen LogP contribution is -2.41. The van der Waals surface area contributed by atoms with Gasteiger partial charge in [0.25, 0.3) is 5.91 Å². The second-order valence-electron chi connectivity index (χ2n) is 4.37. The number of carbonyl (C=O) groups excluding carboxylic acids is 1. The highest BCUT2D eigenvalue weighted by Gasteiger charge is 2.29. The monoisotopic (exact) mass is 313 g/mol. The van der Waals surface area contributed by atoms with E-state index in [1.807, 2.05) is 0 Å². The highest BCUT2D eigenvalue weighted by atomic mass is 79.9. The molecule has 0 saturated heterocycles. The Morgan fingerprint density at radius 2 is 2.39 bits per heavy atom. The minimum absolute atomic E-state index is 0.0564. The zero-order chi connectivity index (χ0) is 13.1. The lowest BCUT2D eigenvalue weighted by Gasteiger charge is -2.19. The number of ether oxygens (including phenoxy) is 1. The number of hydrogen-bond acceptors (Lipinski definition) is 4. The summed E-state index contributed by atoms with van der Waals surface area (Å²) in [7, 11) is 1.67. The van der Waals surface area contributed by atoms with Gasteiger partial charge in [-0.05, 0) is 41.3 Å². The van der Waals surface area contributed by atoms with E-state index in [4.69, 9.17) is 10.5 Å². The molecule has 1 amide bonds. The van der Waals surface area contributed by atoms with Gasteiger partial charge < -0.3 is 15.8 Å². The molecule has 5 nitrogen and oxygen atoms in total. The summed E-state index contributed by atoms with van der Waals surface area (Å²) in [6, 6.07) is 1.73. The van der Waals surface area contributed by atoms with Gasteiger partial charge >= 0.3 is 0 Å². The summed E-state index contributed by atoms with van der Waals surface area (Å²) in [4.78, 5) is 16.1. The first-order chi connectivity index (χ1) is 8.61. The number of hydrogen-bond donors (Lipinski definition) is 2. The van der Waals surface area contributed by atoms with Crippen molar-refractivity contribution < 1.29 is 9.53 Å². The summed E-state index contributed by atoms with van der Waals surface area (Å²) in [6.07, 6.45) is 4.64. The van der Waals surface area contributed by atoms with Crippen LogP contribution in [-0.2, 0) is 4.74 Å². The number of nitrogens with zero attached hydrogens (tertiary/aromatic N) is 1. The van der Waals surface area contributed by atoms with Crippen LogP contribution in [0.3, 0.4) is 0 Å². The van der Waals surface area contributed by atoms with Gasteiger partial charge in [-0.1, -0.05) is 0 Å². The highest BCUT2D eigenvalue weighted by Crippen LogP contribution is 2.22. The van der Waals surface area contributed by atoms with E-state index in [0.29, 0.717) is 5.56 Å². The van der Waals surface area contributed by atoms with Crippen LogP contribution in [0.15, 0.2) is 16.7 Å². The Balaban J connectivity index is 2.09. The van der Waals surface area contributed by atoms with Crippen molar-refractivity contribution in [1.29, 1.82) is 0 Å². The van der Waals surface area contributed by atoms with Crippen LogP contribution in [-0.4, -0.2) is 30.1 Å². The van der Waals surface area contributed by atoms with E-state index >= 15 is 0 Å². The van der Waals surface area contributed by atoms with Crippen LogP contribution in [0.4, 0.5) is 5.82 Å². The van der Waals surface area contributed by atoms with Crippen molar-refractivity contribution in [3.63, 3.8) is 0 Å². The van der Waals surface area contributed by atoms with Gasteiger partial charge in [0.15, 0.2) is 0 Å². The van der Waals surface area contributed by atoms with Gasteiger partial charge in [0.05, 0.1) is 17.7 Å². The molecule has 1 saturated carbocycles. The first-order valence-electron chi connectivity index (χ1n) is 5.86. The molecule has 2 atom stereocenters. The first kappa shape index (κ1) is 13.3. The van der Waals surface area contributed by atoms with E-state index in [9.17, 15) is 4.79 Å². The summed E-state index contributed by atoms with van der Waals surface area (Å²) >= 11 is 3.28. The minimum atomic E-state index is -0.199. The van der Waals surface area contributed by atoms with Gasteiger partial charge in [-0.15, -0.1) is 0 Å². The van der Waals surface area contributed by atoms with Gasteiger partial charge in [0, 0.05) is 17.8 Å². The molecule has 1 aromatic rings. The molecule has 3 N–H and O–H groups in total. The molecule has 0 aromatic carbocycles. The molecule has 0 bridgehead atoms. The quantitative estimate of drug-likeness (QED) is 0.890. The van der Waals surface area contributed by atoms with Gasteiger partial charge in [-0.2, -0.15) is 0 Å².